The molecule has 11 heteroatoms. The van der Waals surface area contributed by atoms with Gasteiger partial charge in [0.2, 0.25) is 0 Å². The summed E-state index contributed by atoms with van der Waals surface area (Å²) in [5.41, 5.74) is 0.863. The molecule has 2 aromatic carbocycles. The van der Waals surface area contributed by atoms with Crippen LogP contribution in [0.5, 0.6) is 11.5 Å². The van der Waals surface area contributed by atoms with Gasteiger partial charge in [-0.25, -0.2) is 0 Å². The van der Waals surface area contributed by atoms with Gasteiger partial charge in [-0.2, -0.15) is 8.78 Å². The van der Waals surface area contributed by atoms with Gasteiger partial charge in [-0.15, -0.1) is 0 Å². The fraction of sp³-hybridized carbons (Fsp3) is 0.190. The number of alkyl halides is 2. The molecule has 32 heavy (non-hydrogen) atoms. The van der Waals surface area contributed by atoms with Gasteiger partial charge in [-0.1, -0.05) is 17.7 Å². The van der Waals surface area contributed by atoms with Crippen molar-refractivity contribution < 1.29 is 32.6 Å². The van der Waals surface area contributed by atoms with E-state index in [4.69, 9.17) is 16.3 Å². The Morgan fingerprint density at radius 1 is 1.19 bits per heavy atom. The summed E-state index contributed by atoms with van der Waals surface area (Å²) in [4.78, 5) is 38.1. The lowest BCUT2D eigenvalue weighted by Gasteiger charge is -2.13. The first-order valence-corrected chi connectivity index (χ1v) is 10.4. The minimum atomic E-state index is -3.01. The highest BCUT2D eigenvalue weighted by molar-refractivity contribution is 8.18. The van der Waals surface area contributed by atoms with Crippen molar-refractivity contribution >= 4 is 46.5 Å². The molecule has 1 aliphatic rings. The lowest BCUT2D eigenvalue weighted by atomic mass is 10.2. The lowest BCUT2D eigenvalue weighted by molar-refractivity contribution is -0.122. The Balaban J connectivity index is 1.63. The van der Waals surface area contributed by atoms with Crippen LogP contribution in [0.4, 0.5) is 13.6 Å². The van der Waals surface area contributed by atoms with Gasteiger partial charge in [0.05, 0.1) is 12.0 Å². The molecular weight excluding hydrogens is 466 g/mol. The standard InChI is InChI=1S/C21H17ClF2N2O5S/c1-30-16-10-12(2-7-15(16)31-20(23)24)11-17-19(28)26(21(29)32-17)9-8-25-18(27)13-3-5-14(22)6-4-13/h2-7,10-11,20H,8-9H2,1H3,(H,25,27)/b17-11-. The molecule has 7 nitrogen and oxygen atoms in total. The molecule has 2 aromatic rings. The van der Waals surface area contributed by atoms with Crippen LogP contribution < -0.4 is 14.8 Å². The average Bonchev–Trinajstić information content (AvgIpc) is 3.02. The van der Waals surface area contributed by atoms with Gasteiger partial charge in [0.25, 0.3) is 17.1 Å². The number of nitrogens with one attached hydrogen (secondary N) is 1. The van der Waals surface area contributed by atoms with Crippen molar-refractivity contribution in [2.75, 3.05) is 20.2 Å². The Bertz CT molecular complexity index is 1060. The predicted octanol–water partition coefficient (Wildman–Crippen LogP) is 4.42. The van der Waals surface area contributed by atoms with Crippen molar-refractivity contribution in [1.82, 2.24) is 10.2 Å². The molecule has 0 radical (unpaired) electrons. The molecule has 1 heterocycles. The van der Waals surface area contributed by atoms with Gasteiger partial charge in [0.1, 0.15) is 0 Å². The number of halogens is 3. The van der Waals surface area contributed by atoms with E-state index in [1.165, 1.54) is 31.4 Å². The Morgan fingerprint density at radius 3 is 2.56 bits per heavy atom. The second kappa shape index (κ2) is 10.5. The van der Waals surface area contributed by atoms with E-state index >= 15 is 0 Å². The van der Waals surface area contributed by atoms with Crippen molar-refractivity contribution in [1.29, 1.82) is 0 Å². The number of hydrogen-bond donors (Lipinski definition) is 1. The summed E-state index contributed by atoms with van der Waals surface area (Å²) >= 11 is 6.53. The number of rotatable bonds is 8. The molecule has 1 N–H and O–H groups in total. The Hall–Kier alpha value is -3.11. The normalized spacial score (nSPS) is 14.9. The number of methoxy groups -OCH3 is 1. The van der Waals surface area contributed by atoms with E-state index in [0.29, 0.717) is 16.1 Å². The second-order valence-electron chi connectivity index (χ2n) is 6.38. The molecule has 3 amide bonds. The second-order valence-corrected chi connectivity index (χ2v) is 7.81. The molecule has 0 saturated carbocycles. The van der Waals surface area contributed by atoms with Crippen LogP contribution in [0, 0.1) is 0 Å². The molecule has 0 aliphatic carbocycles. The number of carbonyl (C=O) groups excluding carboxylic acids is 3. The van der Waals surface area contributed by atoms with Gasteiger partial charge in [0, 0.05) is 23.7 Å². The van der Waals surface area contributed by atoms with Gasteiger partial charge in [-0.3, -0.25) is 19.3 Å². The van der Waals surface area contributed by atoms with E-state index in [2.05, 4.69) is 10.1 Å². The largest absolute Gasteiger partial charge is 0.493 e. The molecule has 0 bridgehead atoms. The molecule has 1 fully saturated rings. The molecular formula is C21H17ClF2N2O5S. The molecule has 1 saturated heterocycles. The third-order valence-corrected chi connectivity index (χ3v) is 5.46. The van der Waals surface area contributed by atoms with Crippen LogP contribution in [-0.2, 0) is 4.79 Å². The maximum atomic E-state index is 12.6. The number of hydrogen-bond acceptors (Lipinski definition) is 6. The maximum absolute atomic E-state index is 12.6. The Kier molecular flexibility index (Phi) is 7.70. The van der Waals surface area contributed by atoms with E-state index < -0.39 is 17.8 Å². The van der Waals surface area contributed by atoms with Crippen molar-refractivity contribution in [2.24, 2.45) is 0 Å². The summed E-state index contributed by atoms with van der Waals surface area (Å²) in [6, 6.07) is 10.4. The van der Waals surface area contributed by atoms with Crippen molar-refractivity contribution in [3.63, 3.8) is 0 Å². The summed E-state index contributed by atoms with van der Waals surface area (Å²) in [7, 11) is 1.30. The van der Waals surface area contributed by atoms with E-state index in [0.717, 1.165) is 16.7 Å². The number of imide groups is 1. The zero-order valence-corrected chi connectivity index (χ0v) is 18.2. The predicted molar refractivity (Wildman–Crippen MR) is 116 cm³/mol. The lowest BCUT2D eigenvalue weighted by Crippen LogP contribution is -2.37. The van der Waals surface area contributed by atoms with E-state index in [1.807, 2.05) is 0 Å². The summed E-state index contributed by atoms with van der Waals surface area (Å²) in [5, 5.41) is 2.66. The maximum Gasteiger partial charge on any atom is 0.387 e. The molecule has 0 aromatic heterocycles. The molecule has 168 valence electrons. The highest BCUT2D eigenvalue weighted by Crippen LogP contribution is 2.34. The van der Waals surface area contributed by atoms with Crippen LogP contribution >= 0.6 is 23.4 Å². The minimum absolute atomic E-state index is 0.00811. The molecule has 0 spiro atoms. The zero-order chi connectivity index (χ0) is 23.3. The van der Waals surface area contributed by atoms with Gasteiger partial charge >= 0.3 is 6.61 Å². The first kappa shape index (κ1) is 23.6. The number of nitrogens with zero attached hydrogens (tertiary/aromatic N) is 1. The third kappa shape index (κ3) is 5.77. The minimum Gasteiger partial charge on any atom is -0.493 e. The first-order chi connectivity index (χ1) is 15.3. The monoisotopic (exact) mass is 482 g/mol. The summed E-state index contributed by atoms with van der Waals surface area (Å²) < 4.78 is 34.3. The van der Waals surface area contributed by atoms with Crippen molar-refractivity contribution in [3.05, 3.63) is 63.5 Å². The SMILES string of the molecule is COc1cc(/C=C2\SC(=O)N(CCNC(=O)c3ccc(Cl)cc3)C2=O)ccc1OC(F)F. The third-order valence-electron chi connectivity index (χ3n) is 4.30. The van der Waals surface area contributed by atoms with Crippen LogP contribution in [-0.4, -0.2) is 48.8 Å². The van der Waals surface area contributed by atoms with E-state index in [1.54, 1.807) is 24.3 Å². The highest BCUT2D eigenvalue weighted by atomic mass is 35.5. The van der Waals surface area contributed by atoms with E-state index in [9.17, 15) is 23.2 Å². The Labute approximate surface area is 191 Å². The fourth-order valence-corrected chi connectivity index (χ4v) is 3.79. The Morgan fingerprint density at radius 2 is 1.91 bits per heavy atom. The molecule has 1 aliphatic heterocycles. The van der Waals surface area contributed by atoms with Crippen molar-refractivity contribution in [3.8, 4) is 11.5 Å². The zero-order valence-electron chi connectivity index (χ0n) is 16.6. The van der Waals surface area contributed by atoms with Gasteiger partial charge in [-0.05, 0) is 59.8 Å². The molecule has 3 rings (SSSR count). The number of benzene rings is 2. The van der Waals surface area contributed by atoms with Crippen LogP contribution in [0.25, 0.3) is 6.08 Å². The van der Waals surface area contributed by atoms with E-state index in [-0.39, 0.29) is 35.4 Å². The van der Waals surface area contributed by atoms with Crippen LogP contribution in [0.2, 0.25) is 5.02 Å². The molecule has 0 atom stereocenters. The summed E-state index contributed by atoms with van der Waals surface area (Å²) in [6.07, 6.45) is 1.45. The summed E-state index contributed by atoms with van der Waals surface area (Å²) in [5.74, 6) is -0.970. The number of carbonyl (C=O) groups is 3. The number of ether oxygens (including phenoxy) is 2. The fourth-order valence-electron chi connectivity index (χ4n) is 2.80. The van der Waals surface area contributed by atoms with Crippen LogP contribution in [0.1, 0.15) is 15.9 Å². The quantitative estimate of drug-likeness (QED) is 0.561. The van der Waals surface area contributed by atoms with Gasteiger partial charge < -0.3 is 14.8 Å². The van der Waals surface area contributed by atoms with Gasteiger partial charge in [0.15, 0.2) is 11.5 Å². The van der Waals surface area contributed by atoms with Crippen LogP contribution in [0.3, 0.4) is 0 Å². The highest BCUT2D eigenvalue weighted by Gasteiger charge is 2.34. The van der Waals surface area contributed by atoms with Crippen molar-refractivity contribution in [2.45, 2.75) is 6.61 Å². The number of thioether (sulfide) groups is 1. The van der Waals surface area contributed by atoms with Crippen LogP contribution in [0.15, 0.2) is 47.4 Å². The smallest absolute Gasteiger partial charge is 0.387 e. The summed E-state index contributed by atoms with van der Waals surface area (Å²) in [6.45, 7) is -2.95. The topological polar surface area (TPSA) is 84.9 Å². The molecule has 0 unspecified atom stereocenters. The first-order valence-electron chi connectivity index (χ1n) is 9.20. The number of amides is 3. The average molecular weight is 483 g/mol.